The Morgan fingerprint density at radius 2 is 1.85 bits per heavy atom. The number of hydrogen-bond donors (Lipinski definition) is 2. The summed E-state index contributed by atoms with van der Waals surface area (Å²) < 4.78 is 14.3. The third-order valence-electron chi connectivity index (χ3n) is 4.65. The first-order chi connectivity index (χ1) is 12.5. The molecule has 1 saturated heterocycles. The number of nitrogens with one attached hydrogen (secondary N) is 1. The van der Waals surface area contributed by atoms with Crippen LogP contribution in [0.2, 0.25) is 0 Å². The van der Waals surface area contributed by atoms with Crippen molar-refractivity contribution in [2.24, 2.45) is 0 Å². The normalized spacial score (nSPS) is 15.7. The molecule has 1 atom stereocenters. The van der Waals surface area contributed by atoms with Gasteiger partial charge in [0.1, 0.15) is 5.82 Å². The van der Waals surface area contributed by atoms with Gasteiger partial charge in [0.2, 0.25) is 0 Å². The molecule has 0 aliphatic carbocycles. The lowest BCUT2D eigenvalue weighted by Crippen LogP contribution is -2.51. The zero-order valence-corrected chi connectivity index (χ0v) is 14.9. The number of aliphatic hydroxyl groups is 1. The highest BCUT2D eigenvalue weighted by Gasteiger charge is 2.23. The van der Waals surface area contributed by atoms with Gasteiger partial charge >= 0.3 is 6.03 Å². The molecule has 2 aromatic rings. The van der Waals surface area contributed by atoms with Crippen LogP contribution in [-0.2, 0) is 6.54 Å². The fourth-order valence-electron chi connectivity index (χ4n) is 3.08. The molecule has 1 heterocycles. The van der Waals surface area contributed by atoms with Gasteiger partial charge in [-0.15, -0.1) is 0 Å². The Morgan fingerprint density at radius 1 is 1.15 bits per heavy atom. The summed E-state index contributed by atoms with van der Waals surface area (Å²) in [4.78, 5) is 16.0. The molecule has 0 aromatic heterocycles. The topological polar surface area (TPSA) is 55.8 Å². The van der Waals surface area contributed by atoms with Crippen molar-refractivity contribution in [3.8, 4) is 0 Å². The number of carbonyl (C=O) groups is 1. The zero-order valence-electron chi connectivity index (χ0n) is 14.9. The van der Waals surface area contributed by atoms with Crippen molar-refractivity contribution in [3.63, 3.8) is 0 Å². The van der Waals surface area contributed by atoms with E-state index in [4.69, 9.17) is 0 Å². The van der Waals surface area contributed by atoms with Crippen LogP contribution in [0.3, 0.4) is 0 Å². The van der Waals surface area contributed by atoms with Crippen molar-refractivity contribution in [2.45, 2.75) is 19.6 Å². The van der Waals surface area contributed by atoms with E-state index in [0.29, 0.717) is 44.0 Å². The smallest absolute Gasteiger partial charge is 0.317 e. The predicted molar refractivity (Wildman–Crippen MR) is 99.5 cm³/mol. The molecular weight excluding hydrogens is 333 g/mol. The molecule has 1 fully saturated rings. The second-order valence-corrected chi connectivity index (χ2v) is 6.51. The van der Waals surface area contributed by atoms with E-state index in [1.54, 1.807) is 24.0 Å². The fraction of sp³-hybridized carbons (Fsp3) is 0.350. The van der Waals surface area contributed by atoms with E-state index < -0.39 is 6.10 Å². The molecule has 0 saturated carbocycles. The van der Waals surface area contributed by atoms with Crippen LogP contribution in [0.4, 0.5) is 14.9 Å². The number of urea groups is 1. The Balaban J connectivity index is 1.53. The number of carbonyl (C=O) groups excluding carboxylic acids is 1. The fourth-order valence-corrected chi connectivity index (χ4v) is 3.08. The molecule has 0 spiro atoms. The predicted octanol–water partition coefficient (Wildman–Crippen LogP) is 2.91. The van der Waals surface area contributed by atoms with Crippen LogP contribution >= 0.6 is 0 Å². The molecule has 26 heavy (non-hydrogen) atoms. The van der Waals surface area contributed by atoms with Crippen molar-refractivity contribution in [3.05, 3.63) is 65.5 Å². The van der Waals surface area contributed by atoms with Gasteiger partial charge in [0.15, 0.2) is 0 Å². The third-order valence-corrected chi connectivity index (χ3v) is 4.65. The van der Waals surface area contributed by atoms with E-state index in [-0.39, 0.29) is 11.8 Å². The average Bonchev–Trinajstić information content (AvgIpc) is 2.67. The maximum atomic E-state index is 14.3. The molecule has 3 rings (SSSR count). The van der Waals surface area contributed by atoms with Crippen LogP contribution in [0, 0.1) is 5.82 Å². The van der Waals surface area contributed by atoms with Gasteiger partial charge in [0.05, 0.1) is 11.8 Å². The molecule has 2 N–H and O–H groups in total. The molecule has 2 aromatic carbocycles. The van der Waals surface area contributed by atoms with Crippen molar-refractivity contribution in [1.29, 1.82) is 0 Å². The maximum Gasteiger partial charge on any atom is 0.317 e. The minimum Gasteiger partial charge on any atom is -0.389 e. The molecule has 1 aliphatic rings. The van der Waals surface area contributed by atoms with E-state index in [9.17, 15) is 14.3 Å². The van der Waals surface area contributed by atoms with Crippen LogP contribution in [0.25, 0.3) is 0 Å². The standard InChI is InChI=1S/C20H24FN3O2/c1-15(25)17-7-8-19(18(21)13-17)23-9-11-24(12-10-23)20(26)22-14-16-5-3-2-4-6-16/h2-8,13,15,25H,9-12,14H2,1H3,(H,22,26). The summed E-state index contributed by atoms with van der Waals surface area (Å²) in [5.41, 5.74) is 2.13. The van der Waals surface area contributed by atoms with Crippen LogP contribution in [0.15, 0.2) is 48.5 Å². The molecule has 1 aliphatic heterocycles. The number of aliphatic hydroxyl groups excluding tert-OH is 1. The lowest BCUT2D eigenvalue weighted by atomic mass is 10.1. The van der Waals surface area contributed by atoms with Gasteiger partial charge in [-0.1, -0.05) is 36.4 Å². The molecule has 1 unspecified atom stereocenters. The first-order valence-electron chi connectivity index (χ1n) is 8.84. The number of rotatable bonds is 4. The number of halogens is 1. The van der Waals surface area contributed by atoms with Crippen molar-refractivity contribution >= 4 is 11.7 Å². The van der Waals surface area contributed by atoms with Crippen molar-refractivity contribution in [2.75, 3.05) is 31.1 Å². The Bertz CT molecular complexity index is 744. The summed E-state index contributed by atoms with van der Waals surface area (Å²) in [6.07, 6.45) is -0.691. The number of anilines is 1. The van der Waals surface area contributed by atoms with E-state index in [0.717, 1.165) is 5.56 Å². The summed E-state index contributed by atoms with van der Waals surface area (Å²) in [5.74, 6) is -0.342. The van der Waals surface area contributed by atoms with E-state index in [1.165, 1.54) is 6.07 Å². The Labute approximate surface area is 153 Å². The maximum absolute atomic E-state index is 14.3. The van der Waals surface area contributed by atoms with E-state index >= 15 is 0 Å². The molecule has 0 radical (unpaired) electrons. The molecular formula is C20H24FN3O2. The largest absolute Gasteiger partial charge is 0.389 e. The zero-order chi connectivity index (χ0) is 18.5. The lowest BCUT2D eigenvalue weighted by molar-refractivity contribution is 0.193. The quantitative estimate of drug-likeness (QED) is 0.885. The molecule has 0 bridgehead atoms. The number of hydrogen-bond acceptors (Lipinski definition) is 3. The van der Waals surface area contributed by atoms with Gasteiger partial charge in [0.25, 0.3) is 0 Å². The van der Waals surface area contributed by atoms with Crippen LogP contribution in [-0.4, -0.2) is 42.2 Å². The summed E-state index contributed by atoms with van der Waals surface area (Å²) >= 11 is 0. The summed E-state index contributed by atoms with van der Waals surface area (Å²) in [6, 6.07) is 14.5. The highest BCUT2D eigenvalue weighted by molar-refractivity contribution is 5.74. The van der Waals surface area contributed by atoms with Crippen LogP contribution in [0.5, 0.6) is 0 Å². The summed E-state index contributed by atoms with van der Waals surface area (Å²) in [6.45, 7) is 4.33. The van der Waals surface area contributed by atoms with Gasteiger partial charge in [-0.3, -0.25) is 0 Å². The van der Waals surface area contributed by atoms with Gasteiger partial charge in [0, 0.05) is 32.7 Å². The van der Waals surface area contributed by atoms with Gasteiger partial charge < -0.3 is 20.2 Å². The van der Waals surface area contributed by atoms with Gasteiger partial charge in [-0.25, -0.2) is 9.18 Å². The monoisotopic (exact) mass is 357 g/mol. The molecule has 6 heteroatoms. The minimum absolute atomic E-state index is 0.0987. The Morgan fingerprint density at radius 3 is 2.46 bits per heavy atom. The average molecular weight is 357 g/mol. The number of benzene rings is 2. The minimum atomic E-state index is -0.691. The first-order valence-corrected chi connectivity index (χ1v) is 8.84. The van der Waals surface area contributed by atoms with Crippen molar-refractivity contribution in [1.82, 2.24) is 10.2 Å². The highest BCUT2D eigenvalue weighted by atomic mass is 19.1. The van der Waals surface area contributed by atoms with Crippen molar-refractivity contribution < 1.29 is 14.3 Å². The van der Waals surface area contributed by atoms with Crippen LogP contribution in [0.1, 0.15) is 24.2 Å². The highest BCUT2D eigenvalue weighted by Crippen LogP contribution is 2.24. The summed E-state index contributed by atoms with van der Waals surface area (Å²) in [7, 11) is 0. The Kier molecular flexibility index (Phi) is 5.73. The molecule has 138 valence electrons. The van der Waals surface area contributed by atoms with Crippen LogP contribution < -0.4 is 10.2 Å². The van der Waals surface area contributed by atoms with Gasteiger partial charge in [-0.2, -0.15) is 0 Å². The molecule has 5 nitrogen and oxygen atoms in total. The SMILES string of the molecule is CC(O)c1ccc(N2CCN(C(=O)NCc3ccccc3)CC2)c(F)c1. The summed E-state index contributed by atoms with van der Waals surface area (Å²) in [5, 5.41) is 12.5. The first kappa shape index (κ1) is 18.2. The Hall–Kier alpha value is -2.60. The van der Waals surface area contributed by atoms with Gasteiger partial charge in [-0.05, 0) is 30.2 Å². The number of nitrogens with zero attached hydrogens (tertiary/aromatic N) is 2. The second-order valence-electron chi connectivity index (χ2n) is 6.51. The number of amides is 2. The lowest BCUT2D eigenvalue weighted by Gasteiger charge is -2.36. The van der Waals surface area contributed by atoms with E-state index in [1.807, 2.05) is 35.2 Å². The third kappa shape index (κ3) is 4.32. The molecule has 2 amide bonds. The second kappa shape index (κ2) is 8.19. The van der Waals surface area contributed by atoms with E-state index in [2.05, 4.69) is 5.32 Å². The number of piperazine rings is 1.